The number of esters is 1. The molecule has 0 bridgehead atoms. The van der Waals surface area contributed by atoms with E-state index >= 15 is 0 Å². The minimum atomic E-state index is -2.76. The summed E-state index contributed by atoms with van der Waals surface area (Å²) in [6.45, 7) is 10.8. The molecule has 0 saturated carbocycles. The van der Waals surface area contributed by atoms with Crippen LogP contribution in [-0.2, 0) is 14.0 Å². The molecule has 0 amide bonds. The Bertz CT molecular complexity index is 681. The molecule has 146 valence electrons. The largest absolute Gasteiger partial charge is 0.467 e. The molecule has 0 aliphatic heterocycles. The van der Waals surface area contributed by atoms with Crippen molar-refractivity contribution >= 4 is 24.7 Å². The number of methoxy groups -OCH3 is 1. The van der Waals surface area contributed by atoms with E-state index in [2.05, 4.69) is 58.9 Å². The van der Waals surface area contributed by atoms with Crippen molar-refractivity contribution in [2.45, 2.75) is 52.2 Å². The first kappa shape index (κ1) is 21.4. The summed E-state index contributed by atoms with van der Waals surface area (Å²) in [5.74, 6) is 0.0315. The fourth-order valence-corrected chi connectivity index (χ4v) is 8.29. The average molecular weight is 385 g/mol. The van der Waals surface area contributed by atoms with Crippen molar-refractivity contribution < 1.29 is 14.0 Å². The van der Waals surface area contributed by atoms with E-state index in [-0.39, 0.29) is 11.0 Å². The third-order valence-corrected chi connectivity index (χ3v) is 9.93. The lowest BCUT2D eigenvalue weighted by Crippen LogP contribution is -2.68. The molecule has 0 spiro atoms. The lowest BCUT2D eigenvalue weighted by atomic mass is 10.1. The van der Waals surface area contributed by atoms with Gasteiger partial charge in [-0.2, -0.15) is 0 Å². The second-order valence-corrected chi connectivity index (χ2v) is 12.7. The Hall–Kier alpha value is -1.91. The second kappa shape index (κ2) is 8.85. The normalized spacial score (nSPS) is 13.4. The van der Waals surface area contributed by atoms with Crippen LogP contribution in [0.25, 0.3) is 0 Å². The topological polar surface area (TPSA) is 35.5 Å². The Morgan fingerprint density at radius 1 is 0.926 bits per heavy atom. The third-order valence-electron chi connectivity index (χ3n) is 4.89. The van der Waals surface area contributed by atoms with Crippen molar-refractivity contribution in [3.63, 3.8) is 0 Å². The summed E-state index contributed by atoms with van der Waals surface area (Å²) in [4.78, 5) is 12.6. The summed E-state index contributed by atoms with van der Waals surface area (Å²) in [7, 11) is -1.32. The van der Waals surface area contributed by atoms with Gasteiger partial charge in [-0.15, -0.1) is 0 Å². The minimum absolute atomic E-state index is 0.168. The molecule has 0 heterocycles. The van der Waals surface area contributed by atoms with Crippen molar-refractivity contribution in [2.24, 2.45) is 5.92 Å². The van der Waals surface area contributed by atoms with E-state index in [1.54, 1.807) is 0 Å². The maximum absolute atomic E-state index is 12.6. The smallest absolute Gasteiger partial charge is 0.333 e. The van der Waals surface area contributed by atoms with Gasteiger partial charge < -0.3 is 9.16 Å². The SMILES string of the molecule is COC(=O)[C@H](CC(C)C)O[Si](c1ccccc1)(c1ccccc1)C(C)(C)C. The summed E-state index contributed by atoms with van der Waals surface area (Å²) in [6.07, 6.45) is 0.0540. The molecule has 0 aliphatic carbocycles. The highest BCUT2D eigenvalue weighted by Gasteiger charge is 2.52. The van der Waals surface area contributed by atoms with Gasteiger partial charge in [0.25, 0.3) is 8.32 Å². The molecule has 27 heavy (non-hydrogen) atoms. The molecule has 2 aromatic carbocycles. The van der Waals surface area contributed by atoms with E-state index in [0.717, 1.165) is 0 Å². The van der Waals surface area contributed by atoms with E-state index < -0.39 is 14.4 Å². The van der Waals surface area contributed by atoms with Crippen LogP contribution in [0.2, 0.25) is 5.04 Å². The molecule has 1 atom stereocenters. The van der Waals surface area contributed by atoms with E-state index in [4.69, 9.17) is 9.16 Å². The second-order valence-electron chi connectivity index (χ2n) is 8.42. The first-order valence-electron chi connectivity index (χ1n) is 9.59. The minimum Gasteiger partial charge on any atom is -0.467 e. The Morgan fingerprint density at radius 2 is 1.37 bits per heavy atom. The molecule has 0 fully saturated rings. The number of carbonyl (C=O) groups excluding carboxylic acids is 1. The Morgan fingerprint density at radius 3 is 1.70 bits per heavy atom. The van der Waals surface area contributed by atoms with Gasteiger partial charge in [-0.1, -0.05) is 95.3 Å². The van der Waals surface area contributed by atoms with E-state index in [1.807, 2.05) is 36.4 Å². The summed E-state index contributed by atoms with van der Waals surface area (Å²) >= 11 is 0. The van der Waals surface area contributed by atoms with Gasteiger partial charge in [-0.05, 0) is 27.8 Å². The average Bonchev–Trinajstić information content (AvgIpc) is 2.64. The number of hydrogen-bond donors (Lipinski definition) is 0. The van der Waals surface area contributed by atoms with Crippen LogP contribution >= 0.6 is 0 Å². The summed E-state index contributed by atoms with van der Waals surface area (Å²) in [5, 5.41) is 2.17. The van der Waals surface area contributed by atoms with Gasteiger partial charge in [0.15, 0.2) is 0 Å². The van der Waals surface area contributed by atoms with E-state index in [0.29, 0.717) is 12.3 Å². The molecule has 3 nitrogen and oxygen atoms in total. The van der Waals surface area contributed by atoms with Crippen molar-refractivity contribution in [1.29, 1.82) is 0 Å². The molecule has 0 aliphatic rings. The lowest BCUT2D eigenvalue weighted by Gasteiger charge is -2.44. The van der Waals surface area contributed by atoms with Crippen LogP contribution in [-0.4, -0.2) is 27.5 Å². The van der Waals surface area contributed by atoms with Gasteiger partial charge in [0.2, 0.25) is 0 Å². The summed E-state index contributed by atoms with van der Waals surface area (Å²) < 4.78 is 12.0. The number of ether oxygens (including phenoxy) is 1. The maximum Gasteiger partial charge on any atom is 0.333 e. The van der Waals surface area contributed by atoms with Crippen LogP contribution in [0.15, 0.2) is 60.7 Å². The summed E-state index contributed by atoms with van der Waals surface area (Å²) in [6, 6.07) is 20.8. The number of carbonyl (C=O) groups is 1. The van der Waals surface area contributed by atoms with Gasteiger partial charge in [-0.3, -0.25) is 0 Å². The quantitative estimate of drug-likeness (QED) is 0.531. The van der Waals surface area contributed by atoms with Gasteiger partial charge in [-0.25, -0.2) is 4.79 Å². The highest BCUT2D eigenvalue weighted by atomic mass is 28.4. The van der Waals surface area contributed by atoms with Crippen LogP contribution in [0.1, 0.15) is 41.0 Å². The molecular formula is C23H32O3Si. The van der Waals surface area contributed by atoms with Gasteiger partial charge >= 0.3 is 5.97 Å². The first-order valence-corrected chi connectivity index (χ1v) is 11.5. The fourth-order valence-electron chi connectivity index (χ4n) is 3.66. The monoisotopic (exact) mass is 384 g/mol. The van der Waals surface area contributed by atoms with E-state index in [1.165, 1.54) is 17.5 Å². The van der Waals surface area contributed by atoms with Gasteiger partial charge in [0.1, 0.15) is 6.10 Å². The van der Waals surface area contributed by atoms with Gasteiger partial charge in [0, 0.05) is 0 Å². The van der Waals surface area contributed by atoms with Crippen molar-refractivity contribution in [1.82, 2.24) is 0 Å². The molecule has 4 heteroatoms. The summed E-state index contributed by atoms with van der Waals surface area (Å²) in [5.41, 5.74) is 0. The molecule has 0 N–H and O–H groups in total. The zero-order valence-corrected chi connectivity index (χ0v) is 18.4. The van der Waals surface area contributed by atoms with Crippen LogP contribution in [0.5, 0.6) is 0 Å². The van der Waals surface area contributed by atoms with Gasteiger partial charge in [0.05, 0.1) is 7.11 Å². The molecular weight excluding hydrogens is 352 g/mol. The maximum atomic E-state index is 12.6. The molecule has 2 aromatic rings. The molecule has 0 unspecified atom stereocenters. The Labute approximate surface area is 164 Å². The zero-order valence-electron chi connectivity index (χ0n) is 17.4. The first-order chi connectivity index (χ1) is 12.7. The van der Waals surface area contributed by atoms with Crippen LogP contribution in [0, 0.1) is 5.92 Å². The fraction of sp³-hybridized carbons (Fsp3) is 0.435. The van der Waals surface area contributed by atoms with Crippen molar-refractivity contribution in [3.05, 3.63) is 60.7 Å². The predicted octanol–water partition coefficient (Wildman–Crippen LogP) is 4.15. The highest BCUT2D eigenvalue weighted by molar-refractivity contribution is 6.99. The molecule has 2 rings (SSSR count). The number of benzene rings is 2. The van der Waals surface area contributed by atoms with Crippen LogP contribution in [0.3, 0.4) is 0 Å². The zero-order chi connectivity index (χ0) is 20.1. The Kier molecular flexibility index (Phi) is 7.01. The van der Waals surface area contributed by atoms with Crippen molar-refractivity contribution in [3.8, 4) is 0 Å². The third kappa shape index (κ3) is 4.68. The lowest BCUT2D eigenvalue weighted by molar-refractivity contribution is -0.150. The Balaban J connectivity index is 2.69. The number of hydrogen-bond acceptors (Lipinski definition) is 3. The van der Waals surface area contributed by atoms with Crippen molar-refractivity contribution in [2.75, 3.05) is 7.11 Å². The highest BCUT2D eigenvalue weighted by Crippen LogP contribution is 2.38. The predicted molar refractivity (Wildman–Crippen MR) is 114 cm³/mol. The standard InChI is InChI=1S/C23H32O3Si/c1-18(2)17-21(22(24)25-6)26-27(23(3,4)5,19-13-9-7-10-14-19)20-15-11-8-12-16-20/h7-16,18,21H,17H2,1-6H3/t21-/m0/s1. The van der Waals surface area contributed by atoms with Crippen LogP contribution in [0.4, 0.5) is 0 Å². The molecule has 0 saturated heterocycles. The van der Waals surface area contributed by atoms with Crippen LogP contribution < -0.4 is 10.4 Å². The molecule has 0 radical (unpaired) electrons. The molecule has 0 aromatic heterocycles. The number of rotatable bonds is 7. The van der Waals surface area contributed by atoms with E-state index in [9.17, 15) is 4.79 Å².